The van der Waals surface area contributed by atoms with Gasteiger partial charge < -0.3 is 5.11 Å². The fourth-order valence-electron chi connectivity index (χ4n) is 3.19. The van der Waals surface area contributed by atoms with Crippen LogP contribution in [-0.4, -0.2) is 29.1 Å². The molecule has 0 amide bonds. The molecule has 0 saturated carbocycles. The third-order valence-corrected chi connectivity index (χ3v) is 5.06. The molecule has 2 unspecified atom stereocenters. The summed E-state index contributed by atoms with van der Waals surface area (Å²) in [5.74, 6) is -0.614. The van der Waals surface area contributed by atoms with Crippen molar-refractivity contribution in [2.24, 2.45) is 5.41 Å². The van der Waals surface area contributed by atoms with Crippen LogP contribution >= 0.6 is 11.3 Å². The first-order valence-corrected chi connectivity index (χ1v) is 8.03. The van der Waals surface area contributed by atoms with Crippen LogP contribution in [0.4, 0.5) is 0 Å². The molecule has 1 aromatic heterocycles. The summed E-state index contributed by atoms with van der Waals surface area (Å²) in [5.41, 5.74) is 0.778. The summed E-state index contributed by atoms with van der Waals surface area (Å²) in [6.07, 6.45) is 3.53. The summed E-state index contributed by atoms with van der Waals surface area (Å²) in [5, 5.41) is 13.9. The molecule has 2 rings (SSSR count). The van der Waals surface area contributed by atoms with E-state index in [0.717, 1.165) is 32.2 Å². The van der Waals surface area contributed by atoms with Crippen molar-refractivity contribution in [3.63, 3.8) is 0 Å². The molecule has 106 valence electrons. The number of piperidine rings is 1. The van der Waals surface area contributed by atoms with Crippen molar-refractivity contribution in [1.82, 2.24) is 4.90 Å². The van der Waals surface area contributed by atoms with E-state index in [1.165, 1.54) is 5.56 Å². The highest BCUT2D eigenvalue weighted by molar-refractivity contribution is 7.07. The molecule has 1 aliphatic rings. The number of hydrogen-bond acceptors (Lipinski definition) is 3. The van der Waals surface area contributed by atoms with Gasteiger partial charge in [0.1, 0.15) is 0 Å². The van der Waals surface area contributed by atoms with E-state index in [1.807, 2.05) is 0 Å². The second-order valence-electron chi connectivity index (χ2n) is 5.64. The molecular formula is C15H23NO2S. The van der Waals surface area contributed by atoms with Gasteiger partial charge in [0, 0.05) is 12.6 Å². The molecule has 1 saturated heterocycles. The largest absolute Gasteiger partial charge is 0.481 e. The summed E-state index contributed by atoms with van der Waals surface area (Å²) < 4.78 is 0. The quantitative estimate of drug-likeness (QED) is 0.893. The molecule has 2 atom stereocenters. The minimum absolute atomic E-state index is 0.321. The minimum Gasteiger partial charge on any atom is -0.481 e. The third kappa shape index (κ3) is 3.00. The van der Waals surface area contributed by atoms with Crippen molar-refractivity contribution in [2.75, 3.05) is 13.1 Å². The van der Waals surface area contributed by atoms with E-state index in [9.17, 15) is 9.90 Å². The topological polar surface area (TPSA) is 40.5 Å². The van der Waals surface area contributed by atoms with Gasteiger partial charge in [0.25, 0.3) is 0 Å². The number of aliphatic carboxylic acids is 1. The van der Waals surface area contributed by atoms with E-state index in [1.54, 1.807) is 11.3 Å². The van der Waals surface area contributed by atoms with Gasteiger partial charge in [0.2, 0.25) is 0 Å². The highest BCUT2D eigenvalue weighted by Gasteiger charge is 2.42. The highest BCUT2D eigenvalue weighted by atomic mass is 32.1. The molecule has 0 radical (unpaired) electrons. The highest BCUT2D eigenvalue weighted by Crippen LogP contribution is 2.38. The molecular weight excluding hydrogens is 258 g/mol. The predicted octanol–water partition coefficient (Wildman–Crippen LogP) is 3.78. The van der Waals surface area contributed by atoms with Gasteiger partial charge in [-0.25, -0.2) is 0 Å². The molecule has 2 heterocycles. The Labute approximate surface area is 119 Å². The smallest absolute Gasteiger partial charge is 0.310 e. The summed E-state index contributed by atoms with van der Waals surface area (Å²) in [6, 6.07) is 2.47. The maximum atomic E-state index is 11.7. The van der Waals surface area contributed by atoms with Crippen LogP contribution in [0.1, 0.15) is 51.1 Å². The zero-order chi connectivity index (χ0) is 13.9. The molecule has 0 aliphatic carbocycles. The standard InChI is InChI=1S/C15H23NO2S/c1-3-6-15(14(17)18)7-4-8-16(11-15)12(2)13-5-9-19-10-13/h5,9-10,12H,3-4,6-8,11H2,1-2H3,(H,17,18). The van der Waals surface area contributed by atoms with E-state index in [0.29, 0.717) is 12.6 Å². The first kappa shape index (κ1) is 14.5. The van der Waals surface area contributed by atoms with Gasteiger partial charge >= 0.3 is 5.97 Å². The van der Waals surface area contributed by atoms with Crippen molar-refractivity contribution in [3.8, 4) is 0 Å². The van der Waals surface area contributed by atoms with E-state index in [4.69, 9.17) is 0 Å². The average Bonchev–Trinajstić information content (AvgIpc) is 2.92. The number of hydrogen-bond donors (Lipinski definition) is 1. The summed E-state index contributed by atoms with van der Waals surface area (Å²) in [6.45, 7) is 5.96. The van der Waals surface area contributed by atoms with Crippen LogP contribution in [0.15, 0.2) is 16.8 Å². The first-order valence-electron chi connectivity index (χ1n) is 7.08. The van der Waals surface area contributed by atoms with Crippen molar-refractivity contribution in [1.29, 1.82) is 0 Å². The number of carboxylic acids is 1. The molecule has 3 nitrogen and oxygen atoms in total. The summed E-state index contributed by atoms with van der Waals surface area (Å²) >= 11 is 1.71. The lowest BCUT2D eigenvalue weighted by Gasteiger charge is -2.42. The van der Waals surface area contributed by atoms with Crippen molar-refractivity contribution in [2.45, 2.75) is 45.6 Å². The lowest BCUT2D eigenvalue weighted by atomic mass is 9.76. The van der Waals surface area contributed by atoms with Crippen LogP contribution < -0.4 is 0 Å². The van der Waals surface area contributed by atoms with Gasteiger partial charge in [0.15, 0.2) is 0 Å². The lowest BCUT2D eigenvalue weighted by Crippen LogP contribution is -2.48. The van der Waals surface area contributed by atoms with Gasteiger partial charge in [-0.15, -0.1) is 0 Å². The number of rotatable bonds is 5. The molecule has 0 aromatic carbocycles. The number of nitrogens with zero attached hydrogens (tertiary/aromatic N) is 1. The van der Waals surface area contributed by atoms with Crippen LogP contribution in [0.3, 0.4) is 0 Å². The fraction of sp³-hybridized carbons (Fsp3) is 0.667. The minimum atomic E-state index is -0.614. The molecule has 0 bridgehead atoms. The van der Waals surface area contributed by atoms with Crippen LogP contribution in [0.25, 0.3) is 0 Å². The van der Waals surface area contributed by atoms with Gasteiger partial charge in [-0.2, -0.15) is 11.3 Å². The maximum Gasteiger partial charge on any atom is 0.310 e. The van der Waals surface area contributed by atoms with E-state index in [-0.39, 0.29) is 0 Å². The molecule has 1 fully saturated rings. The van der Waals surface area contributed by atoms with E-state index in [2.05, 4.69) is 35.6 Å². The third-order valence-electron chi connectivity index (χ3n) is 4.36. The molecule has 1 aromatic rings. The SMILES string of the molecule is CCCC1(C(=O)O)CCCN(C(C)c2ccsc2)C1. The Morgan fingerprint density at radius 1 is 1.63 bits per heavy atom. The number of likely N-dealkylation sites (tertiary alicyclic amines) is 1. The second kappa shape index (κ2) is 6.06. The molecule has 1 aliphatic heterocycles. The fourth-order valence-corrected chi connectivity index (χ4v) is 3.93. The zero-order valence-electron chi connectivity index (χ0n) is 11.8. The van der Waals surface area contributed by atoms with Crippen LogP contribution in [0.5, 0.6) is 0 Å². The first-order chi connectivity index (χ1) is 9.09. The zero-order valence-corrected chi connectivity index (χ0v) is 12.6. The Kier molecular flexibility index (Phi) is 4.63. The summed E-state index contributed by atoms with van der Waals surface area (Å²) in [7, 11) is 0. The van der Waals surface area contributed by atoms with Crippen LogP contribution in [0, 0.1) is 5.41 Å². The lowest BCUT2D eigenvalue weighted by molar-refractivity contribution is -0.154. The van der Waals surface area contributed by atoms with Crippen molar-refractivity contribution in [3.05, 3.63) is 22.4 Å². The van der Waals surface area contributed by atoms with Gasteiger partial charge in [-0.3, -0.25) is 9.69 Å². The number of carbonyl (C=O) groups is 1. The van der Waals surface area contributed by atoms with Gasteiger partial charge in [-0.05, 0) is 55.1 Å². The second-order valence-corrected chi connectivity index (χ2v) is 6.42. The van der Waals surface area contributed by atoms with Gasteiger partial charge in [0.05, 0.1) is 5.41 Å². The normalized spacial score (nSPS) is 26.2. The summed E-state index contributed by atoms with van der Waals surface area (Å²) in [4.78, 5) is 14.0. The van der Waals surface area contributed by atoms with Crippen molar-refractivity contribution >= 4 is 17.3 Å². The Morgan fingerprint density at radius 3 is 3.00 bits per heavy atom. The van der Waals surface area contributed by atoms with Crippen LogP contribution in [-0.2, 0) is 4.79 Å². The Bertz CT molecular complexity index is 414. The van der Waals surface area contributed by atoms with E-state index < -0.39 is 11.4 Å². The Balaban J connectivity index is 2.13. The van der Waals surface area contributed by atoms with Crippen LogP contribution in [0.2, 0.25) is 0 Å². The number of carboxylic acid groups (broad SMARTS) is 1. The predicted molar refractivity (Wildman–Crippen MR) is 78.5 cm³/mol. The maximum absolute atomic E-state index is 11.7. The van der Waals surface area contributed by atoms with Crippen molar-refractivity contribution < 1.29 is 9.90 Å². The molecule has 0 spiro atoms. The monoisotopic (exact) mass is 281 g/mol. The molecule has 1 N–H and O–H groups in total. The Morgan fingerprint density at radius 2 is 2.42 bits per heavy atom. The molecule has 19 heavy (non-hydrogen) atoms. The number of thiophene rings is 1. The average molecular weight is 281 g/mol. The Hall–Kier alpha value is -0.870. The van der Waals surface area contributed by atoms with E-state index >= 15 is 0 Å². The molecule has 4 heteroatoms. The van der Waals surface area contributed by atoms with Gasteiger partial charge in [-0.1, -0.05) is 13.3 Å².